The van der Waals surface area contributed by atoms with Crippen molar-refractivity contribution in [2.24, 2.45) is 0 Å². The number of nitrogens with zero attached hydrogens (tertiary/aromatic N) is 4. The van der Waals surface area contributed by atoms with Crippen LogP contribution in [0.3, 0.4) is 0 Å². The van der Waals surface area contributed by atoms with Crippen molar-refractivity contribution in [2.75, 3.05) is 11.1 Å². The second kappa shape index (κ2) is 8.20. The summed E-state index contributed by atoms with van der Waals surface area (Å²) in [6.07, 6.45) is 3.57. The van der Waals surface area contributed by atoms with Crippen LogP contribution in [0.2, 0.25) is 5.02 Å². The lowest BCUT2D eigenvalue weighted by atomic mass is 10.2. The van der Waals surface area contributed by atoms with E-state index in [1.807, 2.05) is 49.7 Å². The summed E-state index contributed by atoms with van der Waals surface area (Å²) >= 11 is 8.96. The molecule has 0 fully saturated rings. The van der Waals surface area contributed by atoms with Gasteiger partial charge in [0, 0.05) is 23.3 Å². The minimum atomic E-state index is -0.140. The number of rotatable bonds is 6. The van der Waals surface area contributed by atoms with Crippen molar-refractivity contribution >= 4 is 45.7 Å². The van der Waals surface area contributed by atoms with Crippen molar-refractivity contribution in [2.45, 2.75) is 31.8 Å². The number of carbonyl (C=O) groups is 1. The van der Waals surface area contributed by atoms with Crippen LogP contribution in [0.15, 0.2) is 35.7 Å². The van der Waals surface area contributed by atoms with Gasteiger partial charge in [-0.1, -0.05) is 54.6 Å². The van der Waals surface area contributed by atoms with E-state index >= 15 is 0 Å². The largest absolute Gasteiger partial charge is 0.300 e. The highest BCUT2D eigenvalue weighted by atomic mass is 35.5. The first-order valence-corrected chi connectivity index (χ1v) is 10.2. The van der Waals surface area contributed by atoms with Crippen LogP contribution in [0, 0.1) is 6.92 Å². The summed E-state index contributed by atoms with van der Waals surface area (Å²) < 4.78 is 1.93. The zero-order valence-corrected chi connectivity index (χ0v) is 17.0. The maximum atomic E-state index is 12.2. The molecule has 0 unspecified atom stereocenters. The Balaban J connectivity index is 1.66. The summed E-state index contributed by atoms with van der Waals surface area (Å²) in [5.74, 6) is 0.382. The topological polar surface area (TPSA) is 72.7 Å². The van der Waals surface area contributed by atoms with E-state index in [0.29, 0.717) is 16.1 Å². The minimum Gasteiger partial charge on any atom is -0.300 e. The van der Waals surface area contributed by atoms with Crippen molar-refractivity contribution in [1.82, 2.24) is 19.7 Å². The second-order valence-electron chi connectivity index (χ2n) is 5.90. The fraction of sp³-hybridized carbons (Fsp3) is 0.294. The summed E-state index contributed by atoms with van der Waals surface area (Å²) in [6.45, 7) is 6.04. The van der Waals surface area contributed by atoms with Crippen LogP contribution in [-0.4, -0.2) is 31.4 Å². The first kappa shape index (κ1) is 18.9. The molecule has 0 spiro atoms. The normalized spacial score (nSPS) is 11.1. The van der Waals surface area contributed by atoms with E-state index in [2.05, 4.69) is 20.5 Å². The third kappa shape index (κ3) is 4.25. The van der Waals surface area contributed by atoms with Crippen molar-refractivity contribution in [3.63, 3.8) is 0 Å². The van der Waals surface area contributed by atoms with Gasteiger partial charge in [0.1, 0.15) is 5.01 Å². The van der Waals surface area contributed by atoms with Gasteiger partial charge in [-0.25, -0.2) is 4.98 Å². The Morgan fingerprint density at radius 3 is 2.92 bits per heavy atom. The molecular formula is C17H18ClN5OS2. The van der Waals surface area contributed by atoms with Crippen molar-refractivity contribution in [3.05, 3.63) is 46.2 Å². The number of amides is 1. The molecule has 3 aromatic rings. The average molecular weight is 408 g/mol. The number of hydrogen-bond acceptors (Lipinski definition) is 6. The lowest BCUT2D eigenvalue weighted by Crippen LogP contribution is -2.14. The lowest BCUT2D eigenvalue weighted by molar-refractivity contribution is -0.113. The molecule has 1 N–H and O–H groups in total. The van der Waals surface area contributed by atoms with Gasteiger partial charge in [0.05, 0.1) is 11.4 Å². The molecule has 0 radical (unpaired) electrons. The van der Waals surface area contributed by atoms with Crippen molar-refractivity contribution in [3.8, 4) is 5.69 Å². The van der Waals surface area contributed by atoms with Crippen LogP contribution < -0.4 is 5.32 Å². The smallest absolute Gasteiger partial charge is 0.236 e. The highest BCUT2D eigenvalue weighted by molar-refractivity contribution is 7.99. The van der Waals surface area contributed by atoms with Gasteiger partial charge in [0.25, 0.3) is 0 Å². The molecule has 3 rings (SSSR count). The summed E-state index contributed by atoms with van der Waals surface area (Å²) in [7, 11) is 0. The van der Waals surface area contributed by atoms with Crippen LogP contribution in [-0.2, 0) is 4.79 Å². The summed E-state index contributed by atoms with van der Waals surface area (Å²) in [5.41, 5.74) is 1.91. The minimum absolute atomic E-state index is 0.140. The van der Waals surface area contributed by atoms with E-state index in [-0.39, 0.29) is 11.7 Å². The van der Waals surface area contributed by atoms with E-state index in [1.54, 1.807) is 6.20 Å². The number of thioether (sulfide) groups is 1. The van der Waals surface area contributed by atoms with E-state index in [4.69, 9.17) is 11.6 Å². The van der Waals surface area contributed by atoms with E-state index < -0.39 is 0 Å². The highest BCUT2D eigenvalue weighted by Crippen LogP contribution is 2.27. The molecule has 0 aliphatic carbocycles. The number of anilines is 1. The van der Waals surface area contributed by atoms with Crippen LogP contribution >= 0.6 is 34.7 Å². The Hall–Kier alpha value is -1.90. The molecule has 0 bridgehead atoms. The molecule has 0 aliphatic rings. The van der Waals surface area contributed by atoms with Gasteiger partial charge in [-0.2, -0.15) is 0 Å². The van der Waals surface area contributed by atoms with Crippen LogP contribution in [0.5, 0.6) is 0 Å². The number of carbonyl (C=O) groups excluding carboxylic acids is 1. The molecule has 6 nitrogen and oxygen atoms in total. The summed E-state index contributed by atoms with van der Waals surface area (Å²) in [5, 5.41) is 13.7. The van der Waals surface area contributed by atoms with Gasteiger partial charge in [-0.05, 0) is 24.6 Å². The maximum absolute atomic E-state index is 12.2. The number of imidazole rings is 1. The molecular weight excluding hydrogens is 390 g/mol. The molecule has 2 aromatic heterocycles. The molecule has 136 valence electrons. The van der Waals surface area contributed by atoms with Gasteiger partial charge in [0.2, 0.25) is 11.0 Å². The first-order valence-electron chi connectivity index (χ1n) is 8.00. The van der Waals surface area contributed by atoms with Gasteiger partial charge in [-0.3, -0.25) is 14.7 Å². The van der Waals surface area contributed by atoms with Crippen LogP contribution in [0.1, 0.15) is 30.3 Å². The van der Waals surface area contributed by atoms with Gasteiger partial charge < -0.3 is 0 Å². The Labute approximate surface area is 165 Å². The SMILES string of the molecule is Cc1c(Cl)cccc1-n1ccnc1SCC(=O)Nc1nnc(C(C)C)s1. The Kier molecular flexibility index (Phi) is 5.95. The molecule has 0 atom stereocenters. The van der Waals surface area contributed by atoms with Gasteiger partial charge in [-0.15, -0.1) is 10.2 Å². The quantitative estimate of drug-likeness (QED) is 0.607. The van der Waals surface area contributed by atoms with E-state index in [9.17, 15) is 4.79 Å². The van der Waals surface area contributed by atoms with Crippen LogP contribution in [0.25, 0.3) is 5.69 Å². The van der Waals surface area contributed by atoms with E-state index in [0.717, 1.165) is 21.4 Å². The number of hydrogen-bond donors (Lipinski definition) is 1. The fourth-order valence-electron chi connectivity index (χ4n) is 2.24. The Morgan fingerprint density at radius 1 is 1.38 bits per heavy atom. The Morgan fingerprint density at radius 2 is 2.19 bits per heavy atom. The third-order valence-electron chi connectivity index (χ3n) is 3.62. The predicted molar refractivity (Wildman–Crippen MR) is 107 cm³/mol. The molecule has 2 heterocycles. The number of halogens is 1. The van der Waals surface area contributed by atoms with Crippen molar-refractivity contribution in [1.29, 1.82) is 0 Å². The molecule has 0 saturated heterocycles. The molecule has 0 aliphatic heterocycles. The number of aromatic nitrogens is 4. The highest BCUT2D eigenvalue weighted by Gasteiger charge is 2.14. The maximum Gasteiger partial charge on any atom is 0.236 e. The second-order valence-corrected chi connectivity index (χ2v) is 8.26. The average Bonchev–Trinajstić information content (AvgIpc) is 3.25. The molecule has 1 amide bonds. The summed E-state index contributed by atoms with van der Waals surface area (Å²) in [6, 6.07) is 5.72. The molecule has 1 aromatic carbocycles. The van der Waals surface area contributed by atoms with E-state index in [1.165, 1.54) is 23.1 Å². The lowest BCUT2D eigenvalue weighted by Gasteiger charge is -2.11. The molecule has 0 saturated carbocycles. The fourth-order valence-corrected chi connectivity index (χ4v) is 3.94. The molecule has 26 heavy (non-hydrogen) atoms. The van der Waals surface area contributed by atoms with Gasteiger partial charge in [0.15, 0.2) is 5.16 Å². The monoisotopic (exact) mass is 407 g/mol. The van der Waals surface area contributed by atoms with Crippen molar-refractivity contribution < 1.29 is 4.79 Å². The number of nitrogens with one attached hydrogen (secondary N) is 1. The summed E-state index contributed by atoms with van der Waals surface area (Å²) in [4.78, 5) is 16.6. The zero-order chi connectivity index (χ0) is 18.7. The first-order chi connectivity index (χ1) is 12.5. The van der Waals surface area contributed by atoms with Gasteiger partial charge >= 0.3 is 0 Å². The Bertz CT molecular complexity index is 922. The standard InChI is InChI=1S/C17H18ClN5OS2/c1-10(2)15-21-22-16(26-15)20-14(24)9-25-17-19-7-8-23(17)13-6-4-5-12(18)11(13)3/h4-8,10H,9H2,1-3H3,(H,20,22,24). The predicted octanol–water partition coefficient (Wildman–Crippen LogP) is 4.54. The zero-order valence-electron chi connectivity index (χ0n) is 14.6. The third-order valence-corrected chi connectivity index (χ3v) is 6.13. The molecule has 9 heteroatoms. The van der Waals surface area contributed by atoms with Crippen LogP contribution in [0.4, 0.5) is 5.13 Å². The number of benzene rings is 1.